The predicted molar refractivity (Wildman–Crippen MR) is 78.1 cm³/mol. The van der Waals surface area contributed by atoms with E-state index in [1.54, 1.807) is 6.07 Å². The van der Waals surface area contributed by atoms with E-state index in [1.165, 1.54) is 37.8 Å². The number of ether oxygens (including phenoxy) is 1. The average molecular weight is 291 g/mol. The van der Waals surface area contributed by atoms with Crippen LogP contribution in [0, 0.1) is 11.7 Å². The third-order valence-electron chi connectivity index (χ3n) is 4.51. The molecule has 2 aliphatic rings. The first kappa shape index (κ1) is 14.5. The van der Waals surface area contributed by atoms with Gasteiger partial charge in [-0.05, 0) is 36.5 Å². The van der Waals surface area contributed by atoms with Crippen molar-refractivity contribution in [3.05, 3.63) is 35.6 Å². The van der Waals surface area contributed by atoms with Crippen LogP contribution in [0.15, 0.2) is 24.3 Å². The van der Waals surface area contributed by atoms with E-state index in [0.717, 1.165) is 5.56 Å². The van der Waals surface area contributed by atoms with Gasteiger partial charge in [0.15, 0.2) is 0 Å². The van der Waals surface area contributed by atoms with E-state index in [4.69, 9.17) is 4.74 Å². The standard InChI is InChI=1S/C17H22FNO2/c18-15-7-3-6-14(8-15)12-21-16-10-19(11-16)17(20)9-13-4-1-2-5-13/h3,6-8,13,16H,1-2,4-5,9-12H2. The molecule has 0 unspecified atom stereocenters. The summed E-state index contributed by atoms with van der Waals surface area (Å²) in [5, 5.41) is 0. The number of carbonyl (C=O) groups excluding carboxylic acids is 1. The molecule has 114 valence electrons. The number of rotatable bonds is 5. The van der Waals surface area contributed by atoms with E-state index in [0.29, 0.717) is 32.0 Å². The first-order valence-electron chi connectivity index (χ1n) is 7.84. The second kappa shape index (κ2) is 6.56. The van der Waals surface area contributed by atoms with Crippen molar-refractivity contribution in [2.75, 3.05) is 13.1 Å². The van der Waals surface area contributed by atoms with Crippen LogP contribution in [0.4, 0.5) is 4.39 Å². The SMILES string of the molecule is O=C(CC1CCCC1)N1CC(OCc2cccc(F)c2)C1. The van der Waals surface area contributed by atoms with Crippen molar-refractivity contribution in [2.24, 2.45) is 5.92 Å². The Morgan fingerprint density at radius 2 is 2.05 bits per heavy atom. The molecule has 0 radical (unpaired) electrons. The molecule has 3 nitrogen and oxygen atoms in total. The van der Waals surface area contributed by atoms with Gasteiger partial charge in [0.2, 0.25) is 5.91 Å². The van der Waals surface area contributed by atoms with Crippen LogP contribution in [-0.4, -0.2) is 30.0 Å². The van der Waals surface area contributed by atoms with Crippen LogP contribution in [0.5, 0.6) is 0 Å². The predicted octanol–water partition coefficient (Wildman–Crippen LogP) is 3.13. The molecule has 1 aliphatic heterocycles. The molecule has 1 amide bonds. The lowest BCUT2D eigenvalue weighted by molar-refractivity contribution is -0.146. The molecular weight excluding hydrogens is 269 g/mol. The summed E-state index contributed by atoms with van der Waals surface area (Å²) in [4.78, 5) is 14.0. The van der Waals surface area contributed by atoms with Gasteiger partial charge in [-0.25, -0.2) is 4.39 Å². The van der Waals surface area contributed by atoms with Crippen molar-refractivity contribution in [1.82, 2.24) is 4.90 Å². The van der Waals surface area contributed by atoms with Crippen LogP contribution in [0.3, 0.4) is 0 Å². The fourth-order valence-corrected chi connectivity index (χ4v) is 3.18. The summed E-state index contributed by atoms with van der Waals surface area (Å²) in [6.45, 7) is 1.77. The Balaban J connectivity index is 1.36. The molecule has 21 heavy (non-hydrogen) atoms. The van der Waals surface area contributed by atoms with Crippen molar-refractivity contribution in [3.8, 4) is 0 Å². The van der Waals surface area contributed by atoms with Crippen molar-refractivity contribution >= 4 is 5.91 Å². The number of amides is 1. The molecule has 4 heteroatoms. The minimum atomic E-state index is -0.238. The molecule has 1 aromatic carbocycles. The Labute approximate surface area is 125 Å². The smallest absolute Gasteiger partial charge is 0.223 e. The Kier molecular flexibility index (Phi) is 4.54. The number of hydrogen-bond donors (Lipinski definition) is 0. The average Bonchev–Trinajstić information content (AvgIpc) is 2.89. The quantitative estimate of drug-likeness (QED) is 0.834. The van der Waals surface area contributed by atoms with Gasteiger partial charge in [0, 0.05) is 19.5 Å². The minimum absolute atomic E-state index is 0.0980. The molecular formula is C17H22FNO2. The molecule has 0 bridgehead atoms. The van der Waals surface area contributed by atoms with E-state index in [-0.39, 0.29) is 17.8 Å². The van der Waals surface area contributed by atoms with Gasteiger partial charge >= 0.3 is 0 Å². The number of hydrogen-bond acceptors (Lipinski definition) is 2. The van der Waals surface area contributed by atoms with E-state index < -0.39 is 0 Å². The van der Waals surface area contributed by atoms with Crippen LogP contribution in [-0.2, 0) is 16.1 Å². The molecule has 3 rings (SSSR count). The van der Waals surface area contributed by atoms with Gasteiger partial charge in [-0.3, -0.25) is 4.79 Å². The van der Waals surface area contributed by atoms with Crippen LogP contribution >= 0.6 is 0 Å². The van der Waals surface area contributed by atoms with Gasteiger partial charge < -0.3 is 9.64 Å². The molecule has 1 heterocycles. The van der Waals surface area contributed by atoms with Crippen molar-refractivity contribution in [1.29, 1.82) is 0 Å². The Morgan fingerprint density at radius 1 is 1.29 bits per heavy atom. The van der Waals surface area contributed by atoms with Crippen LogP contribution in [0.25, 0.3) is 0 Å². The van der Waals surface area contributed by atoms with E-state index >= 15 is 0 Å². The molecule has 1 saturated heterocycles. The normalized spacial score (nSPS) is 19.8. The first-order chi connectivity index (χ1) is 10.2. The molecule has 0 aromatic heterocycles. The van der Waals surface area contributed by atoms with Gasteiger partial charge in [-0.1, -0.05) is 25.0 Å². The zero-order valence-corrected chi connectivity index (χ0v) is 12.3. The highest BCUT2D eigenvalue weighted by Crippen LogP contribution is 2.29. The Hall–Kier alpha value is -1.42. The molecule has 0 N–H and O–H groups in total. The summed E-state index contributed by atoms with van der Waals surface area (Å²) in [5.74, 6) is 0.635. The Morgan fingerprint density at radius 3 is 2.76 bits per heavy atom. The Bertz CT molecular complexity index is 493. The van der Waals surface area contributed by atoms with Gasteiger partial charge in [0.25, 0.3) is 0 Å². The van der Waals surface area contributed by atoms with E-state index in [9.17, 15) is 9.18 Å². The van der Waals surface area contributed by atoms with E-state index in [1.807, 2.05) is 11.0 Å². The lowest BCUT2D eigenvalue weighted by atomic mass is 10.0. The third-order valence-corrected chi connectivity index (χ3v) is 4.51. The van der Waals surface area contributed by atoms with Crippen molar-refractivity contribution < 1.29 is 13.9 Å². The second-order valence-corrected chi connectivity index (χ2v) is 6.22. The van der Waals surface area contributed by atoms with E-state index in [2.05, 4.69) is 0 Å². The number of benzene rings is 1. The summed E-state index contributed by atoms with van der Waals surface area (Å²) in [6, 6.07) is 6.45. The summed E-state index contributed by atoms with van der Waals surface area (Å²) in [6.07, 6.45) is 5.77. The molecule has 0 spiro atoms. The lowest BCUT2D eigenvalue weighted by Gasteiger charge is -2.39. The zero-order valence-electron chi connectivity index (χ0n) is 12.3. The highest BCUT2D eigenvalue weighted by atomic mass is 19.1. The maximum atomic E-state index is 13.0. The minimum Gasteiger partial charge on any atom is -0.370 e. The first-order valence-corrected chi connectivity index (χ1v) is 7.84. The molecule has 0 atom stereocenters. The third kappa shape index (κ3) is 3.82. The fourth-order valence-electron chi connectivity index (χ4n) is 3.18. The summed E-state index contributed by atoms with van der Waals surface area (Å²) < 4.78 is 18.7. The summed E-state index contributed by atoms with van der Waals surface area (Å²) in [5.41, 5.74) is 0.839. The van der Waals surface area contributed by atoms with Crippen LogP contribution < -0.4 is 0 Å². The topological polar surface area (TPSA) is 29.5 Å². The summed E-state index contributed by atoms with van der Waals surface area (Å²) >= 11 is 0. The molecule has 1 aromatic rings. The largest absolute Gasteiger partial charge is 0.370 e. The highest BCUT2D eigenvalue weighted by molar-refractivity contribution is 5.77. The molecule has 1 aliphatic carbocycles. The van der Waals surface area contributed by atoms with Crippen molar-refractivity contribution in [2.45, 2.75) is 44.8 Å². The fraction of sp³-hybridized carbons (Fsp3) is 0.588. The maximum absolute atomic E-state index is 13.0. The van der Waals surface area contributed by atoms with Crippen molar-refractivity contribution in [3.63, 3.8) is 0 Å². The van der Waals surface area contributed by atoms with Gasteiger partial charge in [-0.15, -0.1) is 0 Å². The summed E-state index contributed by atoms with van der Waals surface area (Å²) in [7, 11) is 0. The van der Waals surface area contributed by atoms with Gasteiger partial charge in [0.1, 0.15) is 5.82 Å². The van der Waals surface area contributed by atoms with Crippen LogP contribution in [0.2, 0.25) is 0 Å². The highest BCUT2D eigenvalue weighted by Gasteiger charge is 2.32. The second-order valence-electron chi connectivity index (χ2n) is 6.22. The molecule has 1 saturated carbocycles. The van der Waals surface area contributed by atoms with Gasteiger partial charge in [0.05, 0.1) is 12.7 Å². The number of carbonyl (C=O) groups is 1. The number of likely N-dealkylation sites (tertiary alicyclic amines) is 1. The monoisotopic (exact) mass is 291 g/mol. The number of nitrogens with zero attached hydrogens (tertiary/aromatic N) is 1. The lowest BCUT2D eigenvalue weighted by Crippen LogP contribution is -2.54. The maximum Gasteiger partial charge on any atom is 0.223 e. The van der Waals surface area contributed by atoms with Gasteiger partial charge in [-0.2, -0.15) is 0 Å². The zero-order chi connectivity index (χ0) is 14.7. The molecule has 2 fully saturated rings. The van der Waals surface area contributed by atoms with Crippen LogP contribution in [0.1, 0.15) is 37.7 Å². The number of halogens is 1.